The molecular formula is C53H51Cl3N14O4S2. The van der Waals surface area contributed by atoms with Gasteiger partial charge in [0.05, 0.1) is 36.8 Å². The van der Waals surface area contributed by atoms with Crippen molar-refractivity contribution < 1.29 is 19.5 Å². The molecule has 9 aromatic rings. The predicted octanol–water partition coefficient (Wildman–Crippen LogP) is 11.5. The molecule has 6 N–H and O–H groups in total. The lowest BCUT2D eigenvalue weighted by Crippen LogP contribution is -2.45. The number of benzene rings is 3. The number of rotatable bonds is 7. The van der Waals surface area contributed by atoms with Gasteiger partial charge < -0.3 is 35.8 Å². The summed E-state index contributed by atoms with van der Waals surface area (Å²) in [6.45, 7) is 4.77. The van der Waals surface area contributed by atoms with Gasteiger partial charge in [0, 0.05) is 134 Å². The number of hydrogen-bond acceptors (Lipinski definition) is 10. The molecule has 3 aliphatic heterocycles. The van der Waals surface area contributed by atoms with Crippen LogP contribution in [-0.4, -0.2) is 97.0 Å². The number of aryl methyl sites for hydroxylation is 1. The third-order valence-electron chi connectivity index (χ3n) is 13.2. The number of fused-ring (bicyclic) bond motifs is 3. The number of aromatic nitrogens is 8. The van der Waals surface area contributed by atoms with Crippen LogP contribution in [0.4, 0.5) is 31.4 Å². The van der Waals surface area contributed by atoms with Crippen molar-refractivity contribution in [3.8, 4) is 27.6 Å². The summed E-state index contributed by atoms with van der Waals surface area (Å²) in [4.78, 5) is 45.4. The monoisotopic (exact) mass is 1120 g/mol. The number of nitrogens with one attached hydrogen (secondary N) is 5. The van der Waals surface area contributed by atoms with Crippen LogP contribution >= 0.6 is 57.5 Å². The minimum absolute atomic E-state index is 0.0202. The van der Waals surface area contributed by atoms with Crippen molar-refractivity contribution in [2.75, 3.05) is 29.0 Å². The fourth-order valence-electron chi connectivity index (χ4n) is 9.32. The number of carbonyl (C=O) groups excluding carboxylic acids is 3. The lowest BCUT2D eigenvalue weighted by atomic mass is 9.99. The van der Waals surface area contributed by atoms with E-state index in [1.807, 2.05) is 70.0 Å². The zero-order valence-electron chi connectivity index (χ0n) is 41.1. The molecule has 0 spiro atoms. The number of aromatic amines is 2. The molecule has 0 bridgehead atoms. The normalized spacial score (nSPS) is 14.6. The van der Waals surface area contributed by atoms with Gasteiger partial charge in [0.2, 0.25) is 0 Å². The van der Waals surface area contributed by atoms with E-state index >= 15 is 0 Å². The molecule has 1 atom stereocenters. The summed E-state index contributed by atoms with van der Waals surface area (Å²) in [7, 11) is 1.98. The van der Waals surface area contributed by atoms with Crippen LogP contribution in [0.2, 0.25) is 15.1 Å². The van der Waals surface area contributed by atoms with E-state index in [4.69, 9.17) is 39.9 Å². The molecule has 0 saturated heterocycles. The summed E-state index contributed by atoms with van der Waals surface area (Å²) in [6.07, 6.45) is 5.76. The van der Waals surface area contributed by atoms with E-state index in [-0.39, 0.29) is 30.7 Å². The number of H-pyrrole nitrogens is 2. The Morgan fingerprint density at radius 2 is 1.30 bits per heavy atom. The van der Waals surface area contributed by atoms with Crippen LogP contribution in [0, 0.1) is 0 Å². The molecule has 6 aromatic heterocycles. The van der Waals surface area contributed by atoms with E-state index in [1.165, 1.54) is 17.0 Å². The summed E-state index contributed by atoms with van der Waals surface area (Å²) < 4.78 is 3.65. The number of nitrogens with zero attached hydrogens (tertiary/aromatic N) is 9. The highest BCUT2D eigenvalue weighted by Crippen LogP contribution is 2.36. The van der Waals surface area contributed by atoms with Gasteiger partial charge in [0.1, 0.15) is 5.69 Å². The van der Waals surface area contributed by atoms with Crippen molar-refractivity contribution in [3.63, 3.8) is 0 Å². The van der Waals surface area contributed by atoms with E-state index in [2.05, 4.69) is 54.4 Å². The third kappa shape index (κ3) is 11.7. The molecule has 3 aromatic carbocycles. The summed E-state index contributed by atoms with van der Waals surface area (Å²) in [5.41, 5.74) is 11.2. The number of aliphatic hydroxyl groups excluding tert-OH is 1. The van der Waals surface area contributed by atoms with Crippen LogP contribution in [0.15, 0.2) is 120 Å². The lowest BCUT2D eigenvalue weighted by Gasteiger charge is -2.34. The van der Waals surface area contributed by atoms with Crippen molar-refractivity contribution in [1.82, 2.24) is 54.7 Å². The van der Waals surface area contributed by atoms with Crippen LogP contribution in [0.1, 0.15) is 45.6 Å². The third-order valence-corrected chi connectivity index (χ3v) is 15.6. The summed E-state index contributed by atoms with van der Waals surface area (Å²) in [5, 5.41) is 47.8. The molecule has 0 radical (unpaired) electrons. The number of anilines is 3. The number of halogens is 3. The Bertz CT molecular complexity index is 3500. The zero-order chi connectivity index (χ0) is 52.9. The fraction of sp³-hybridized carbons (Fsp3) is 0.226. The Hall–Kier alpha value is -7.46. The molecule has 76 heavy (non-hydrogen) atoms. The topological polar surface area (TPSA) is 210 Å². The van der Waals surface area contributed by atoms with Gasteiger partial charge in [-0.25, -0.2) is 19.1 Å². The summed E-state index contributed by atoms with van der Waals surface area (Å²) in [5.74, 6) is 0.732. The van der Waals surface area contributed by atoms with Gasteiger partial charge in [-0.2, -0.15) is 20.4 Å². The maximum Gasteiger partial charge on any atom is 0.322 e. The number of carbonyl (C=O) groups is 3. The molecule has 0 saturated carbocycles. The smallest absolute Gasteiger partial charge is 0.322 e. The van der Waals surface area contributed by atoms with Crippen LogP contribution < -0.4 is 16.0 Å². The van der Waals surface area contributed by atoms with Gasteiger partial charge in [0.15, 0.2) is 5.82 Å². The first-order valence-corrected chi connectivity index (χ1v) is 27.1. The number of amides is 6. The quantitative estimate of drug-likeness (QED) is 0.0902. The Labute approximate surface area is 460 Å². The van der Waals surface area contributed by atoms with Crippen LogP contribution in [-0.2, 0) is 52.6 Å². The SMILES string of the molecule is CC1Cc2c(c(-c3cccs3)nn2C)CN1C(=O)Nc1cccc(Cl)c1.O=C(Nc1cccc(Cl)c1)N1CCc2[nH]nc(-c3ccsc3CO)c2C1.O=C(Nc1cccc(Cl)c1)N1CCc2[nH]nc(-n3cccn3)c2C1. The fourth-order valence-corrected chi connectivity index (χ4v) is 11.4. The van der Waals surface area contributed by atoms with Crippen molar-refractivity contribution >= 4 is 92.6 Å². The molecular weight excluding hydrogens is 1070 g/mol. The van der Waals surface area contributed by atoms with Crippen LogP contribution in [0.5, 0.6) is 0 Å². The first kappa shape index (κ1) is 52.0. The average molecular weight is 1120 g/mol. The number of thiophene rings is 2. The predicted molar refractivity (Wildman–Crippen MR) is 298 cm³/mol. The van der Waals surface area contributed by atoms with Crippen molar-refractivity contribution in [3.05, 3.63) is 174 Å². The molecule has 1 unspecified atom stereocenters. The molecule has 23 heteroatoms. The van der Waals surface area contributed by atoms with Gasteiger partial charge in [-0.05, 0) is 90.5 Å². The van der Waals surface area contributed by atoms with E-state index < -0.39 is 0 Å². The lowest BCUT2D eigenvalue weighted by molar-refractivity contribution is 0.181. The maximum absolute atomic E-state index is 12.9. The standard InChI is InChI=1S/C19H19ClN4OS.C18H17ClN4O2S.C16H15ClN6O/c1-12-9-16-15(18(22-23(16)2)17-7-4-8-26-17)11-24(12)19(25)21-14-6-3-5-13(20)10-14;19-11-2-1-3-12(8-11)20-18(25)23-6-4-15-14(9-23)17(22-21-15)13-5-7-26-16(13)10-24;17-11-3-1-4-12(9-11)19-16(24)22-8-5-14-13(10-22)15(21-20-14)23-7-2-6-18-23/h3-8,10,12H,9,11H2,1-2H3,(H,21,25);1-3,5,7-8,24H,4,6,9-10H2,(H,20,25)(H,21,22);1-4,6-7,9H,5,8,10H2,(H,19,24)(H,20,21). The second-order valence-corrected chi connectivity index (χ2v) is 21.4. The van der Waals surface area contributed by atoms with Gasteiger partial charge in [0.25, 0.3) is 0 Å². The van der Waals surface area contributed by atoms with Crippen molar-refractivity contribution in [1.29, 1.82) is 0 Å². The molecule has 12 rings (SSSR count). The van der Waals surface area contributed by atoms with Gasteiger partial charge in [-0.3, -0.25) is 14.9 Å². The maximum atomic E-state index is 12.9. The summed E-state index contributed by atoms with van der Waals surface area (Å²) in [6, 6.07) is 28.9. The van der Waals surface area contributed by atoms with E-state index in [0.717, 1.165) is 73.4 Å². The molecule has 6 amide bonds. The first-order chi connectivity index (χ1) is 36.9. The Balaban J connectivity index is 0.000000130. The molecule has 18 nitrogen and oxygen atoms in total. The highest BCUT2D eigenvalue weighted by Gasteiger charge is 2.33. The number of aliphatic hydroxyl groups is 1. The minimum Gasteiger partial charge on any atom is -0.391 e. The summed E-state index contributed by atoms with van der Waals surface area (Å²) >= 11 is 21.1. The number of urea groups is 3. The van der Waals surface area contributed by atoms with E-state index in [9.17, 15) is 19.5 Å². The van der Waals surface area contributed by atoms with Gasteiger partial charge >= 0.3 is 18.1 Å². The highest BCUT2D eigenvalue weighted by atomic mass is 35.5. The Kier molecular flexibility index (Phi) is 15.9. The highest BCUT2D eigenvalue weighted by molar-refractivity contribution is 7.13. The van der Waals surface area contributed by atoms with Crippen LogP contribution in [0.3, 0.4) is 0 Å². The molecule has 0 fully saturated rings. The zero-order valence-corrected chi connectivity index (χ0v) is 45.0. The van der Waals surface area contributed by atoms with Crippen molar-refractivity contribution in [2.45, 2.75) is 58.5 Å². The number of hydrogen-bond donors (Lipinski definition) is 6. The largest absolute Gasteiger partial charge is 0.391 e. The average Bonchev–Trinajstić information content (AvgIpc) is 4.31. The van der Waals surface area contributed by atoms with E-state index in [1.54, 1.807) is 86.6 Å². The molecule has 3 aliphatic rings. The second-order valence-electron chi connectivity index (χ2n) is 18.1. The van der Waals surface area contributed by atoms with Crippen molar-refractivity contribution in [2.24, 2.45) is 7.05 Å². The minimum atomic E-state index is -0.169. The molecule has 9 heterocycles. The molecule has 0 aliphatic carbocycles. The van der Waals surface area contributed by atoms with Gasteiger partial charge in [-0.1, -0.05) is 59.1 Å². The van der Waals surface area contributed by atoms with Crippen LogP contribution in [0.25, 0.3) is 27.6 Å². The second kappa shape index (κ2) is 23.2. The first-order valence-electron chi connectivity index (χ1n) is 24.2. The van der Waals surface area contributed by atoms with Gasteiger partial charge in [-0.15, -0.1) is 22.7 Å². The Morgan fingerprint density at radius 3 is 1.88 bits per heavy atom. The van der Waals surface area contributed by atoms with E-state index in [0.29, 0.717) is 71.3 Å². The Morgan fingerprint density at radius 1 is 0.697 bits per heavy atom. The molecule has 390 valence electrons.